The zero-order valence-electron chi connectivity index (χ0n) is 17.1. The Labute approximate surface area is 166 Å². The maximum absolute atomic E-state index is 10.7. The van der Waals surface area contributed by atoms with Gasteiger partial charge in [0.15, 0.2) is 12.1 Å². The van der Waals surface area contributed by atoms with Crippen LogP contribution in [0.5, 0.6) is 5.75 Å². The van der Waals surface area contributed by atoms with Crippen molar-refractivity contribution in [3.8, 4) is 5.75 Å². The molecule has 1 aliphatic rings. The molecule has 0 N–H and O–H groups in total. The molecule has 1 saturated heterocycles. The molecule has 1 atom stereocenters. The van der Waals surface area contributed by atoms with Crippen molar-refractivity contribution in [3.63, 3.8) is 0 Å². The second-order valence-corrected chi connectivity index (χ2v) is 7.32. The van der Waals surface area contributed by atoms with E-state index in [1.54, 1.807) is 12.1 Å². The molecule has 0 aromatic heterocycles. The fourth-order valence-corrected chi connectivity index (χ4v) is 2.69. The van der Waals surface area contributed by atoms with Crippen LogP contribution in [0, 0.1) is 10.1 Å². The average molecular weight is 397 g/mol. The van der Waals surface area contributed by atoms with E-state index in [-0.39, 0.29) is 5.69 Å². The van der Waals surface area contributed by atoms with Crippen LogP contribution in [0.4, 0.5) is 5.69 Å². The van der Waals surface area contributed by atoms with Gasteiger partial charge in [-0.05, 0) is 38.8 Å². The van der Waals surface area contributed by atoms with Crippen LogP contribution in [-0.2, 0) is 18.9 Å². The normalized spacial score (nSPS) is 19.1. The van der Waals surface area contributed by atoms with E-state index >= 15 is 0 Å². The summed E-state index contributed by atoms with van der Waals surface area (Å²) in [6.45, 7) is 9.65. The summed E-state index contributed by atoms with van der Waals surface area (Å²) in [5.41, 5.74) is -0.522. The van der Waals surface area contributed by atoms with E-state index < -0.39 is 22.6 Å². The molecule has 1 aromatic rings. The SMILES string of the molecule is CCCOC(CCOc1ccc([N+](=O)[O-])cc1)OC1(CC)COC(C)(C)OC1. The molecule has 0 spiro atoms. The van der Waals surface area contributed by atoms with Crippen molar-refractivity contribution in [3.05, 3.63) is 34.4 Å². The number of nitrogens with zero attached hydrogens (tertiary/aromatic N) is 1. The van der Waals surface area contributed by atoms with Crippen molar-refractivity contribution in [1.82, 2.24) is 0 Å². The Hall–Kier alpha value is -1.74. The largest absolute Gasteiger partial charge is 0.493 e. The lowest BCUT2D eigenvalue weighted by Gasteiger charge is -2.44. The van der Waals surface area contributed by atoms with Gasteiger partial charge in [-0.3, -0.25) is 10.1 Å². The van der Waals surface area contributed by atoms with Crippen molar-refractivity contribution >= 4 is 5.69 Å². The highest BCUT2D eigenvalue weighted by atomic mass is 16.8. The van der Waals surface area contributed by atoms with Crippen LogP contribution in [0.3, 0.4) is 0 Å². The standard InChI is InChI=1S/C20H31NO7/c1-5-12-25-18(28-20(6-2)14-26-19(3,4)27-15-20)11-13-24-17-9-7-16(8-10-17)21(22)23/h7-10,18H,5-6,11-15H2,1-4H3. The van der Waals surface area contributed by atoms with E-state index in [4.69, 9.17) is 23.7 Å². The van der Waals surface area contributed by atoms with E-state index in [1.165, 1.54) is 12.1 Å². The van der Waals surface area contributed by atoms with Gasteiger partial charge >= 0.3 is 0 Å². The summed E-state index contributed by atoms with van der Waals surface area (Å²) in [6, 6.07) is 6.00. The van der Waals surface area contributed by atoms with Crippen molar-refractivity contribution in [2.45, 2.75) is 64.6 Å². The Balaban J connectivity index is 1.90. The molecule has 0 amide bonds. The third-order valence-electron chi connectivity index (χ3n) is 4.57. The highest BCUT2D eigenvalue weighted by Crippen LogP contribution is 2.30. The van der Waals surface area contributed by atoms with Gasteiger partial charge in [0, 0.05) is 25.2 Å². The van der Waals surface area contributed by atoms with Gasteiger partial charge in [-0.25, -0.2) is 0 Å². The molecule has 1 aliphatic heterocycles. The zero-order chi connectivity index (χ0) is 20.6. The molecule has 158 valence electrons. The van der Waals surface area contributed by atoms with E-state index in [1.807, 2.05) is 27.7 Å². The van der Waals surface area contributed by atoms with E-state index in [9.17, 15) is 10.1 Å². The van der Waals surface area contributed by atoms with E-state index in [0.29, 0.717) is 38.6 Å². The van der Waals surface area contributed by atoms with E-state index in [2.05, 4.69) is 0 Å². The number of rotatable bonds is 11. The van der Waals surface area contributed by atoms with Gasteiger partial charge in [-0.1, -0.05) is 13.8 Å². The summed E-state index contributed by atoms with van der Waals surface area (Å²) in [5, 5.41) is 10.7. The van der Waals surface area contributed by atoms with Crippen LogP contribution in [0.1, 0.15) is 47.0 Å². The van der Waals surface area contributed by atoms with Gasteiger partial charge in [0.25, 0.3) is 5.69 Å². The Morgan fingerprint density at radius 3 is 2.32 bits per heavy atom. The number of nitro groups is 1. The zero-order valence-corrected chi connectivity index (χ0v) is 17.1. The van der Waals surface area contributed by atoms with Crippen LogP contribution in [0.25, 0.3) is 0 Å². The minimum atomic E-state index is -0.610. The molecule has 28 heavy (non-hydrogen) atoms. The van der Waals surface area contributed by atoms with Crippen molar-refractivity contribution in [2.75, 3.05) is 26.4 Å². The average Bonchev–Trinajstić information content (AvgIpc) is 2.68. The molecular weight excluding hydrogens is 366 g/mol. The Morgan fingerprint density at radius 1 is 1.14 bits per heavy atom. The number of ether oxygens (including phenoxy) is 5. The van der Waals surface area contributed by atoms with Crippen LogP contribution in [0.15, 0.2) is 24.3 Å². The first-order valence-corrected chi connectivity index (χ1v) is 9.74. The Bertz CT molecular complexity index is 607. The molecule has 0 radical (unpaired) electrons. The molecule has 0 bridgehead atoms. The van der Waals surface area contributed by atoms with Gasteiger partial charge in [-0.2, -0.15) is 0 Å². The molecule has 1 fully saturated rings. The van der Waals surface area contributed by atoms with Gasteiger partial charge in [0.05, 0.1) is 24.7 Å². The van der Waals surface area contributed by atoms with Crippen LogP contribution < -0.4 is 4.74 Å². The lowest BCUT2D eigenvalue weighted by molar-refractivity contribution is -0.384. The maximum Gasteiger partial charge on any atom is 0.269 e. The number of nitro benzene ring substituents is 1. The highest BCUT2D eigenvalue weighted by molar-refractivity contribution is 5.35. The quantitative estimate of drug-likeness (QED) is 0.316. The monoisotopic (exact) mass is 397 g/mol. The first-order chi connectivity index (χ1) is 13.3. The fourth-order valence-electron chi connectivity index (χ4n) is 2.69. The van der Waals surface area contributed by atoms with Crippen molar-refractivity contribution in [2.24, 2.45) is 0 Å². The summed E-state index contributed by atoms with van der Waals surface area (Å²) in [4.78, 5) is 10.3. The summed E-state index contributed by atoms with van der Waals surface area (Å²) in [7, 11) is 0. The molecular formula is C20H31NO7. The minimum absolute atomic E-state index is 0.0324. The van der Waals surface area contributed by atoms with Gasteiger partial charge in [0.2, 0.25) is 0 Å². The number of benzene rings is 1. The smallest absolute Gasteiger partial charge is 0.269 e. The molecule has 0 saturated carbocycles. The summed E-state index contributed by atoms with van der Waals surface area (Å²) in [6.07, 6.45) is 1.68. The van der Waals surface area contributed by atoms with E-state index in [0.717, 1.165) is 12.8 Å². The molecule has 2 rings (SSSR count). The second-order valence-electron chi connectivity index (χ2n) is 7.32. The first kappa shape index (κ1) is 22.5. The fraction of sp³-hybridized carbons (Fsp3) is 0.700. The van der Waals surface area contributed by atoms with Gasteiger partial charge in [-0.15, -0.1) is 0 Å². The van der Waals surface area contributed by atoms with Crippen molar-refractivity contribution < 1.29 is 28.6 Å². The lowest BCUT2D eigenvalue weighted by atomic mass is 10.0. The predicted octanol–water partition coefficient (Wildman–Crippen LogP) is 4.06. The molecule has 1 heterocycles. The molecule has 0 aliphatic carbocycles. The molecule has 1 unspecified atom stereocenters. The topological polar surface area (TPSA) is 89.3 Å². The first-order valence-electron chi connectivity index (χ1n) is 9.74. The van der Waals surface area contributed by atoms with Crippen LogP contribution in [-0.4, -0.2) is 49.0 Å². The number of hydrogen-bond donors (Lipinski definition) is 0. The lowest BCUT2D eigenvalue weighted by Crippen LogP contribution is -2.54. The van der Waals surface area contributed by atoms with Crippen molar-refractivity contribution in [1.29, 1.82) is 0 Å². The number of non-ortho nitro benzene ring substituents is 1. The van der Waals surface area contributed by atoms with Gasteiger partial charge < -0.3 is 23.7 Å². The van der Waals surface area contributed by atoms with Crippen LogP contribution >= 0.6 is 0 Å². The van der Waals surface area contributed by atoms with Crippen LogP contribution in [0.2, 0.25) is 0 Å². The highest BCUT2D eigenvalue weighted by Gasteiger charge is 2.41. The summed E-state index contributed by atoms with van der Waals surface area (Å²) >= 11 is 0. The molecule has 1 aromatic carbocycles. The maximum atomic E-state index is 10.7. The minimum Gasteiger partial charge on any atom is -0.493 e. The Kier molecular flexibility index (Phi) is 8.18. The summed E-state index contributed by atoms with van der Waals surface area (Å²) in [5.74, 6) is -0.0444. The summed E-state index contributed by atoms with van der Waals surface area (Å²) < 4.78 is 29.4. The Morgan fingerprint density at radius 2 is 1.79 bits per heavy atom. The predicted molar refractivity (Wildman–Crippen MR) is 103 cm³/mol. The molecule has 8 heteroatoms. The number of hydrogen-bond acceptors (Lipinski definition) is 7. The van der Waals surface area contributed by atoms with Gasteiger partial charge in [0.1, 0.15) is 11.4 Å². The molecule has 8 nitrogen and oxygen atoms in total. The third kappa shape index (κ3) is 6.70. The third-order valence-corrected chi connectivity index (χ3v) is 4.57. The second kappa shape index (κ2) is 10.2.